The fraction of sp³-hybridized carbons (Fsp3) is 0.346. The van der Waals surface area contributed by atoms with Crippen molar-refractivity contribution in [1.82, 2.24) is 4.90 Å². The van der Waals surface area contributed by atoms with E-state index < -0.39 is 28.6 Å². The summed E-state index contributed by atoms with van der Waals surface area (Å²) in [6.45, 7) is 7.48. The Morgan fingerprint density at radius 1 is 1.09 bits per heavy atom. The van der Waals surface area contributed by atoms with Gasteiger partial charge in [0.1, 0.15) is 17.5 Å². The van der Waals surface area contributed by atoms with E-state index >= 15 is 0 Å². The van der Waals surface area contributed by atoms with Crippen LogP contribution < -0.4 is 20.3 Å². The van der Waals surface area contributed by atoms with Crippen LogP contribution in [0.15, 0.2) is 52.1 Å². The van der Waals surface area contributed by atoms with Gasteiger partial charge in [-0.25, -0.2) is 0 Å². The first-order valence-corrected chi connectivity index (χ1v) is 11.0. The summed E-state index contributed by atoms with van der Waals surface area (Å²) in [5.74, 6) is 0.406. The molecule has 0 spiro atoms. The van der Waals surface area contributed by atoms with Crippen LogP contribution in [-0.2, 0) is 23.6 Å². The molecule has 3 aromatic carbocycles. The van der Waals surface area contributed by atoms with Gasteiger partial charge in [-0.1, -0.05) is 24.3 Å². The first-order chi connectivity index (χ1) is 15.6. The Kier molecular flexibility index (Phi) is 5.96. The molecule has 34 heavy (non-hydrogen) atoms. The summed E-state index contributed by atoms with van der Waals surface area (Å²) >= 11 is 0. The molecule has 5 rings (SSSR count). The first kappa shape index (κ1) is 24.2. The van der Waals surface area contributed by atoms with Crippen molar-refractivity contribution in [2.24, 2.45) is 0 Å². The molecule has 2 heterocycles. The number of fused-ring (bicyclic) bond motifs is 2. The van der Waals surface area contributed by atoms with Crippen LogP contribution in [0.25, 0.3) is 11.1 Å². The van der Waals surface area contributed by atoms with E-state index in [1.54, 1.807) is 56.9 Å². The zero-order chi connectivity index (χ0) is 23.7. The van der Waals surface area contributed by atoms with Crippen LogP contribution in [0.1, 0.15) is 55.2 Å². The van der Waals surface area contributed by atoms with Crippen molar-refractivity contribution in [2.75, 3.05) is 0 Å². The largest absolute Gasteiger partial charge is 0.486 e. The Morgan fingerprint density at radius 2 is 1.79 bits per heavy atom. The van der Waals surface area contributed by atoms with E-state index in [9.17, 15) is 19.5 Å². The van der Waals surface area contributed by atoms with Gasteiger partial charge in [-0.05, 0) is 57.0 Å². The predicted molar refractivity (Wildman–Crippen MR) is 122 cm³/mol. The fourth-order valence-corrected chi connectivity index (χ4v) is 4.74. The third-order valence-electron chi connectivity index (χ3n) is 6.41. The SMILES string of the molecule is CC(C)Oc1c(-c2ccc3c(c2)C(N2Cc4ccccc4C2=O)C(O)C(C)(C)O3)c(=O)c1=O.[Fe]. The van der Waals surface area contributed by atoms with Gasteiger partial charge in [0.25, 0.3) is 11.3 Å². The van der Waals surface area contributed by atoms with Crippen molar-refractivity contribution < 1.29 is 36.4 Å². The monoisotopic (exact) mass is 503 g/mol. The second-order valence-electron chi connectivity index (χ2n) is 9.47. The van der Waals surface area contributed by atoms with Crippen LogP contribution in [0.2, 0.25) is 0 Å². The minimum absolute atomic E-state index is 0. The van der Waals surface area contributed by atoms with Crippen molar-refractivity contribution in [3.63, 3.8) is 0 Å². The first-order valence-electron chi connectivity index (χ1n) is 11.0. The van der Waals surface area contributed by atoms with Gasteiger partial charge in [0.15, 0.2) is 5.75 Å². The number of hydrogen-bond donors (Lipinski definition) is 1. The number of ether oxygens (including phenoxy) is 2. The molecule has 1 N–H and O–H groups in total. The van der Waals surface area contributed by atoms with Gasteiger partial charge in [-0.3, -0.25) is 14.4 Å². The molecule has 0 saturated heterocycles. The maximum atomic E-state index is 13.3. The average molecular weight is 503 g/mol. The summed E-state index contributed by atoms with van der Waals surface area (Å²) in [4.78, 5) is 39.4. The quantitative estimate of drug-likeness (QED) is 0.435. The van der Waals surface area contributed by atoms with Crippen LogP contribution in [0.3, 0.4) is 0 Å². The number of hydrogen-bond acceptors (Lipinski definition) is 6. The summed E-state index contributed by atoms with van der Waals surface area (Å²) in [6, 6.07) is 11.8. The Balaban J connectivity index is 0.00000274. The summed E-state index contributed by atoms with van der Waals surface area (Å²) in [6.07, 6.45) is -1.28. The molecular weight excluding hydrogens is 478 g/mol. The molecule has 3 aromatic rings. The molecule has 0 aromatic heterocycles. The molecule has 2 aliphatic heterocycles. The molecule has 178 valence electrons. The van der Waals surface area contributed by atoms with Gasteiger partial charge in [0.05, 0.1) is 17.7 Å². The molecule has 2 atom stereocenters. The number of carbonyl (C=O) groups is 1. The number of nitrogens with zero attached hydrogens (tertiary/aromatic N) is 1. The summed E-state index contributed by atoms with van der Waals surface area (Å²) in [7, 11) is 0. The van der Waals surface area contributed by atoms with E-state index in [0.29, 0.717) is 29.0 Å². The van der Waals surface area contributed by atoms with Gasteiger partial charge in [0.2, 0.25) is 5.43 Å². The minimum Gasteiger partial charge on any atom is -0.486 e. The van der Waals surface area contributed by atoms with Gasteiger partial charge < -0.3 is 19.5 Å². The maximum Gasteiger partial charge on any atom is 0.268 e. The Hall–Kier alpha value is -2.93. The zero-order valence-electron chi connectivity index (χ0n) is 19.3. The van der Waals surface area contributed by atoms with Gasteiger partial charge >= 0.3 is 0 Å². The van der Waals surface area contributed by atoms with Gasteiger partial charge in [0, 0.05) is 34.7 Å². The number of carbonyl (C=O) groups excluding carboxylic acids is 1. The molecule has 0 aliphatic carbocycles. The van der Waals surface area contributed by atoms with Crippen molar-refractivity contribution in [1.29, 1.82) is 0 Å². The summed E-state index contributed by atoms with van der Waals surface area (Å²) in [5.41, 5.74) is 0.615. The van der Waals surface area contributed by atoms with Gasteiger partial charge in [-0.15, -0.1) is 0 Å². The van der Waals surface area contributed by atoms with E-state index in [4.69, 9.17) is 9.47 Å². The summed E-state index contributed by atoms with van der Waals surface area (Å²) < 4.78 is 11.7. The van der Waals surface area contributed by atoms with Crippen LogP contribution in [0.5, 0.6) is 11.5 Å². The number of aliphatic hydroxyl groups excluding tert-OH is 1. The Labute approximate surface area is 207 Å². The smallest absolute Gasteiger partial charge is 0.268 e. The topological polar surface area (TPSA) is 93.1 Å². The van der Waals surface area contributed by atoms with Crippen molar-refractivity contribution in [3.8, 4) is 22.6 Å². The van der Waals surface area contributed by atoms with Crippen LogP contribution in [0.4, 0.5) is 0 Å². The zero-order valence-corrected chi connectivity index (χ0v) is 20.4. The fourth-order valence-electron chi connectivity index (χ4n) is 4.74. The normalized spacial score (nSPS) is 20.5. The van der Waals surface area contributed by atoms with E-state index in [-0.39, 0.29) is 40.4 Å². The van der Waals surface area contributed by atoms with E-state index in [1.165, 1.54) is 0 Å². The van der Waals surface area contributed by atoms with E-state index in [1.807, 2.05) is 18.2 Å². The molecule has 7 nitrogen and oxygen atoms in total. The average Bonchev–Trinajstić information content (AvgIpc) is 3.10. The summed E-state index contributed by atoms with van der Waals surface area (Å²) in [5, 5.41) is 11.3. The van der Waals surface area contributed by atoms with Crippen LogP contribution in [0, 0.1) is 0 Å². The molecule has 1 amide bonds. The Morgan fingerprint density at radius 3 is 2.47 bits per heavy atom. The third kappa shape index (κ3) is 3.57. The van der Waals surface area contributed by atoms with E-state index in [0.717, 1.165) is 5.56 Å². The van der Waals surface area contributed by atoms with Crippen molar-refractivity contribution in [3.05, 3.63) is 79.6 Å². The number of benzene rings is 2. The molecule has 0 radical (unpaired) electrons. The number of aliphatic hydroxyl groups is 1. The Bertz CT molecular complexity index is 1350. The standard InChI is InChI=1S/C26H25NO6.Fe/c1-13(2)32-23-19(21(28)22(23)29)14-9-10-18-17(11-14)20(24(30)26(3,4)33-18)27-12-15-7-5-6-8-16(15)25(27)31;/h5-11,13,20,24,30H,12H2,1-4H3;. The molecule has 0 bridgehead atoms. The third-order valence-corrected chi connectivity index (χ3v) is 6.41. The minimum atomic E-state index is -1.02. The molecule has 2 aliphatic rings. The maximum absolute atomic E-state index is 13.3. The molecule has 8 heteroatoms. The molecule has 0 saturated carbocycles. The number of rotatable bonds is 4. The molecule has 2 unspecified atom stereocenters. The second kappa shape index (κ2) is 8.38. The molecular formula is C26H25FeNO6. The van der Waals surface area contributed by atoms with Gasteiger partial charge in [-0.2, -0.15) is 0 Å². The molecule has 0 fully saturated rings. The predicted octanol–water partition coefficient (Wildman–Crippen LogP) is 2.96. The second-order valence-corrected chi connectivity index (χ2v) is 9.47. The van der Waals surface area contributed by atoms with Crippen molar-refractivity contribution >= 4 is 5.91 Å². The van der Waals surface area contributed by atoms with Crippen molar-refractivity contribution in [2.45, 2.75) is 58.1 Å². The van der Waals surface area contributed by atoms with Crippen LogP contribution in [-0.4, -0.2) is 33.7 Å². The van der Waals surface area contributed by atoms with Crippen LogP contribution >= 0.6 is 0 Å². The number of amides is 1. The van der Waals surface area contributed by atoms with E-state index in [2.05, 4.69) is 0 Å².